The van der Waals surface area contributed by atoms with Crippen molar-refractivity contribution in [2.24, 2.45) is 0 Å². The van der Waals surface area contributed by atoms with Gasteiger partial charge in [-0.25, -0.2) is 0 Å². The average Bonchev–Trinajstić information content (AvgIpc) is 2.71. The van der Waals surface area contributed by atoms with Gasteiger partial charge in [0, 0.05) is 18.8 Å². The van der Waals surface area contributed by atoms with Crippen molar-refractivity contribution in [3.8, 4) is 5.75 Å². The third-order valence-corrected chi connectivity index (χ3v) is 4.95. The van der Waals surface area contributed by atoms with Crippen LogP contribution in [-0.4, -0.2) is 22.1 Å². The predicted molar refractivity (Wildman–Crippen MR) is 119 cm³/mol. The van der Waals surface area contributed by atoms with Crippen LogP contribution in [-0.2, 0) is 13.1 Å². The highest BCUT2D eigenvalue weighted by atomic mass is 35.5. The summed E-state index contributed by atoms with van der Waals surface area (Å²) in [5.41, 5.74) is 4.08. The van der Waals surface area contributed by atoms with Gasteiger partial charge in [0.1, 0.15) is 5.75 Å². The highest BCUT2D eigenvalue weighted by molar-refractivity contribution is 7.80. The van der Waals surface area contributed by atoms with Gasteiger partial charge < -0.3 is 15.0 Å². The number of aromatic nitrogens is 1. The van der Waals surface area contributed by atoms with Crippen molar-refractivity contribution in [3.63, 3.8) is 0 Å². The molecule has 0 bridgehead atoms. The molecule has 1 aromatic heterocycles. The molecule has 1 N–H and O–H groups in total. The van der Waals surface area contributed by atoms with Crippen molar-refractivity contribution in [3.05, 3.63) is 88.7 Å². The Balaban J connectivity index is 1.80. The summed E-state index contributed by atoms with van der Waals surface area (Å²) in [6, 6.07) is 19.8. The summed E-state index contributed by atoms with van der Waals surface area (Å²) in [5.74, 6) is 0.700. The third-order valence-electron chi connectivity index (χ3n) is 4.28. The molecule has 0 atom stereocenters. The van der Waals surface area contributed by atoms with Crippen LogP contribution in [0.5, 0.6) is 5.75 Å². The average molecular weight is 412 g/mol. The fraction of sp³-hybridized carbons (Fsp3) is 0.182. The molecule has 0 unspecified atom stereocenters. The molecule has 0 aliphatic rings. The molecule has 28 heavy (non-hydrogen) atoms. The van der Waals surface area contributed by atoms with Crippen LogP contribution in [0, 0.1) is 6.92 Å². The highest BCUT2D eigenvalue weighted by Crippen LogP contribution is 2.27. The molecule has 0 saturated carbocycles. The number of hydrogen-bond donors (Lipinski definition) is 1. The number of hydrogen-bond acceptors (Lipinski definition) is 3. The summed E-state index contributed by atoms with van der Waals surface area (Å²) >= 11 is 12.1. The summed E-state index contributed by atoms with van der Waals surface area (Å²) in [7, 11) is 1.61. The van der Waals surface area contributed by atoms with E-state index in [4.69, 9.17) is 28.6 Å². The number of nitrogens with one attached hydrogen (secondary N) is 1. The largest absolute Gasteiger partial charge is 0.497 e. The zero-order valence-corrected chi connectivity index (χ0v) is 17.4. The number of aryl methyl sites for hydroxylation is 1. The van der Waals surface area contributed by atoms with Crippen LogP contribution in [0.15, 0.2) is 66.9 Å². The second-order valence-electron chi connectivity index (χ2n) is 6.44. The third kappa shape index (κ3) is 5.44. The molecule has 1 heterocycles. The molecule has 0 amide bonds. The standard InChI is InChI=1S/C22H22ClN3OS/c1-16-6-8-17(9-7-16)14-26(15-18-5-3-4-12-24-18)22(28)25-21-11-10-19(27-2)13-20(21)23/h3-13H,14-15H2,1-2H3,(H,25,28). The van der Waals surface area contributed by atoms with Crippen LogP contribution >= 0.6 is 23.8 Å². The van der Waals surface area contributed by atoms with Gasteiger partial charge in [-0.1, -0.05) is 47.5 Å². The Bertz CT molecular complexity index is 932. The van der Waals surface area contributed by atoms with E-state index in [0.29, 0.717) is 29.0 Å². The number of ether oxygens (including phenoxy) is 1. The first kappa shape index (κ1) is 20.1. The first-order chi connectivity index (χ1) is 13.5. The Kier molecular flexibility index (Phi) is 6.85. The topological polar surface area (TPSA) is 37.4 Å². The quantitative estimate of drug-likeness (QED) is 0.546. The van der Waals surface area contributed by atoms with Gasteiger partial charge >= 0.3 is 0 Å². The summed E-state index contributed by atoms with van der Waals surface area (Å²) < 4.78 is 5.21. The maximum Gasteiger partial charge on any atom is 0.174 e. The molecule has 2 aromatic carbocycles. The fourth-order valence-electron chi connectivity index (χ4n) is 2.72. The van der Waals surface area contributed by atoms with E-state index in [2.05, 4.69) is 46.4 Å². The number of methoxy groups -OCH3 is 1. The van der Waals surface area contributed by atoms with Crippen LogP contribution in [0.1, 0.15) is 16.8 Å². The summed E-state index contributed by atoms with van der Waals surface area (Å²) in [6.07, 6.45) is 1.79. The maximum absolute atomic E-state index is 6.36. The Labute approximate surface area is 176 Å². The van der Waals surface area contributed by atoms with Crippen LogP contribution in [0.3, 0.4) is 0 Å². The minimum absolute atomic E-state index is 0.551. The molecule has 3 aromatic rings. The molecule has 0 spiro atoms. The lowest BCUT2D eigenvalue weighted by molar-refractivity contribution is 0.407. The monoisotopic (exact) mass is 411 g/mol. The van der Waals surface area contributed by atoms with Crippen LogP contribution in [0.25, 0.3) is 0 Å². The lowest BCUT2D eigenvalue weighted by atomic mass is 10.1. The zero-order valence-electron chi connectivity index (χ0n) is 15.9. The number of halogens is 1. The fourth-order valence-corrected chi connectivity index (χ4v) is 3.18. The van der Waals surface area contributed by atoms with E-state index < -0.39 is 0 Å². The van der Waals surface area contributed by atoms with Crippen LogP contribution < -0.4 is 10.1 Å². The number of thiocarbonyl (C=S) groups is 1. The smallest absolute Gasteiger partial charge is 0.174 e. The van der Waals surface area contributed by atoms with E-state index in [1.807, 2.05) is 30.3 Å². The molecule has 0 aliphatic carbocycles. The number of pyridine rings is 1. The van der Waals surface area contributed by atoms with E-state index in [-0.39, 0.29) is 0 Å². The minimum atomic E-state index is 0.551. The van der Waals surface area contributed by atoms with Crippen molar-refractivity contribution in [2.75, 3.05) is 12.4 Å². The Morgan fingerprint density at radius 3 is 2.54 bits per heavy atom. The van der Waals surface area contributed by atoms with E-state index in [9.17, 15) is 0 Å². The minimum Gasteiger partial charge on any atom is -0.497 e. The van der Waals surface area contributed by atoms with Crippen molar-refractivity contribution < 1.29 is 4.74 Å². The number of anilines is 1. The SMILES string of the molecule is COc1ccc(NC(=S)N(Cc2ccc(C)cc2)Cc2ccccn2)c(Cl)c1. The van der Waals surface area contributed by atoms with E-state index >= 15 is 0 Å². The zero-order chi connectivity index (χ0) is 19.9. The van der Waals surface area contributed by atoms with Gasteiger partial charge in [0.25, 0.3) is 0 Å². The molecular weight excluding hydrogens is 390 g/mol. The second kappa shape index (κ2) is 9.53. The van der Waals surface area contributed by atoms with Gasteiger partial charge in [0.2, 0.25) is 0 Å². The maximum atomic E-state index is 6.36. The number of nitrogens with zero attached hydrogens (tertiary/aromatic N) is 2. The molecule has 0 fully saturated rings. The predicted octanol–water partition coefficient (Wildman–Crippen LogP) is 5.45. The van der Waals surface area contributed by atoms with Gasteiger partial charge in [0.05, 0.1) is 30.1 Å². The summed E-state index contributed by atoms with van der Waals surface area (Å²) in [5, 5.41) is 4.39. The lowest BCUT2D eigenvalue weighted by Crippen LogP contribution is -2.34. The van der Waals surface area contributed by atoms with Crippen LogP contribution in [0.4, 0.5) is 5.69 Å². The van der Waals surface area contributed by atoms with Crippen molar-refractivity contribution in [1.29, 1.82) is 0 Å². The number of benzene rings is 2. The van der Waals surface area contributed by atoms with Gasteiger partial charge in [-0.3, -0.25) is 4.98 Å². The molecule has 3 rings (SSSR count). The van der Waals surface area contributed by atoms with Gasteiger partial charge in [-0.05, 0) is 49.0 Å². The van der Waals surface area contributed by atoms with Crippen molar-refractivity contribution in [2.45, 2.75) is 20.0 Å². The molecule has 0 radical (unpaired) electrons. The first-order valence-corrected chi connectivity index (χ1v) is 9.68. The summed E-state index contributed by atoms with van der Waals surface area (Å²) in [4.78, 5) is 6.50. The molecule has 144 valence electrons. The van der Waals surface area contributed by atoms with E-state index in [1.165, 1.54) is 11.1 Å². The molecule has 0 saturated heterocycles. The molecule has 0 aliphatic heterocycles. The van der Waals surface area contributed by atoms with Crippen molar-refractivity contribution in [1.82, 2.24) is 9.88 Å². The Hall–Kier alpha value is -2.63. The summed E-state index contributed by atoms with van der Waals surface area (Å²) in [6.45, 7) is 3.33. The van der Waals surface area contributed by atoms with Gasteiger partial charge in [-0.2, -0.15) is 0 Å². The number of rotatable bonds is 6. The first-order valence-electron chi connectivity index (χ1n) is 8.90. The highest BCUT2D eigenvalue weighted by Gasteiger charge is 2.14. The van der Waals surface area contributed by atoms with E-state index in [0.717, 1.165) is 11.4 Å². The van der Waals surface area contributed by atoms with E-state index in [1.54, 1.807) is 19.4 Å². The second-order valence-corrected chi connectivity index (χ2v) is 7.23. The molecule has 6 heteroatoms. The lowest BCUT2D eigenvalue weighted by Gasteiger charge is -2.26. The van der Waals surface area contributed by atoms with Gasteiger partial charge in [-0.15, -0.1) is 0 Å². The normalized spacial score (nSPS) is 10.4. The molecular formula is C22H22ClN3OS. The van der Waals surface area contributed by atoms with Crippen LogP contribution in [0.2, 0.25) is 5.02 Å². The Morgan fingerprint density at radius 1 is 1.11 bits per heavy atom. The molecule has 4 nitrogen and oxygen atoms in total. The Morgan fingerprint density at radius 2 is 1.89 bits per heavy atom. The van der Waals surface area contributed by atoms with Gasteiger partial charge in [0.15, 0.2) is 5.11 Å². The van der Waals surface area contributed by atoms with Crippen molar-refractivity contribution >= 4 is 34.6 Å².